The summed E-state index contributed by atoms with van der Waals surface area (Å²) in [6.45, 7) is 9.46. The molecule has 29 heavy (non-hydrogen) atoms. The van der Waals surface area contributed by atoms with Crippen molar-refractivity contribution >= 4 is 22.8 Å². The van der Waals surface area contributed by atoms with Gasteiger partial charge in [-0.1, -0.05) is 35.5 Å². The lowest BCUT2D eigenvalue weighted by Crippen LogP contribution is -3.11. The first-order valence-electron chi connectivity index (χ1n) is 9.88. The van der Waals surface area contributed by atoms with E-state index in [2.05, 4.69) is 18.8 Å². The van der Waals surface area contributed by atoms with Crippen LogP contribution in [0.1, 0.15) is 19.4 Å². The number of hydrogen-bond acceptors (Lipinski definition) is 5. The van der Waals surface area contributed by atoms with Gasteiger partial charge in [-0.05, 0) is 26.8 Å². The SMILES string of the molecule is CC[NH+](CC)CCSc1nc(-c2cccc(C)c2)nc2c1c(=O)n(C)c(=O)n2C. The van der Waals surface area contributed by atoms with Crippen LogP contribution < -0.4 is 16.1 Å². The lowest BCUT2D eigenvalue weighted by Gasteiger charge is -2.15. The quantitative estimate of drug-likeness (QED) is 0.462. The van der Waals surface area contributed by atoms with Crippen molar-refractivity contribution in [1.82, 2.24) is 19.1 Å². The number of nitrogens with one attached hydrogen (secondary N) is 1. The Hall–Kier alpha value is -2.45. The second kappa shape index (κ2) is 8.92. The van der Waals surface area contributed by atoms with Crippen LogP contribution in [0, 0.1) is 6.92 Å². The number of fused-ring (bicyclic) bond motifs is 1. The Kier molecular flexibility index (Phi) is 6.54. The molecule has 0 radical (unpaired) electrons. The monoisotopic (exact) mass is 414 g/mol. The first kappa shape index (κ1) is 21.3. The first-order chi connectivity index (χ1) is 13.9. The van der Waals surface area contributed by atoms with Gasteiger partial charge in [-0.2, -0.15) is 0 Å². The Balaban J connectivity index is 2.18. The lowest BCUT2D eigenvalue weighted by atomic mass is 10.1. The third-order valence-corrected chi connectivity index (χ3v) is 6.21. The third kappa shape index (κ3) is 4.28. The van der Waals surface area contributed by atoms with E-state index in [9.17, 15) is 9.59 Å². The van der Waals surface area contributed by atoms with Gasteiger partial charge in [0.15, 0.2) is 11.5 Å². The van der Waals surface area contributed by atoms with Crippen LogP contribution in [0.25, 0.3) is 22.4 Å². The molecule has 0 amide bonds. The molecule has 0 unspecified atom stereocenters. The van der Waals surface area contributed by atoms with Crippen molar-refractivity contribution in [2.24, 2.45) is 14.1 Å². The summed E-state index contributed by atoms with van der Waals surface area (Å²) in [6.07, 6.45) is 0. The molecule has 0 bridgehead atoms. The zero-order chi connectivity index (χ0) is 21.1. The molecular weight excluding hydrogens is 386 g/mol. The molecule has 8 heteroatoms. The standard InChI is InChI=1S/C21H27N5O2S/c1-6-26(7-2)11-12-29-19-16-18(24(4)21(28)25(5)20(16)27)22-17(23-19)15-10-8-9-14(3)13-15/h8-10,13H,6-7,11-12H2,1-5H3/p+1. The summed E-state index contributed by atoms with van der Waals surface area (Å²) < 4.78 is 2.55. The second-order valence-electron chi connectivity index (χ2n) is 7.18. The van der Waals surface area contributed by atoms with E-state index >= 15 is 0 Å². The van der Waals surface area contributed by atoms with E-state index in [1.807, 2.05) is 31.2 Å². The van der Waals surface area contributed by atoms with Gasteiger partial charge in [0.05, 0.1) is 19.6 Å². The molecule has 7 nitrogen and oxygen atoms in total. The summed E-state index contributed by atoms with van der Waals surface area (Å²) in [5.41, 5.74) is 1.61. The van der Waals surface area contributed by atoms with Gasteiger partial charge in [-0.15, -0.1) is 0 Å². The van der Waals surface area contributed by atoms with Crippen molar-refractivity contribution < 1.29 is 4.90 Å². The van der Waals surface area contributed by atoms with Crippen LogP contribution in [-0.4, -0.2) is 44.5 Å². The van der Waals surface area contributed by atoms with E-state index in [-0.39, 0.29) is 11.2 Å². The number of nitrogens with zero attached hydrogens (tertiary/aromatic N) is 4. The molecule has 0 spiro atoms. The zero-order valence-electron chi connectivity index (χ0n) is 17.7. The summed E-state index contributed by atoms with van der Waals surface area (Å²) in [5.74, 6) is 1.37. The fraction of sp³-hybridized carbons (Fsp3) is 0.429. The van der Waals surface area contributed by atoms with E-state index in [1.54, 1.807) is 18.8 Å². The smallest absolute Gasteiger partial charge is 0.332 e. The van der Waals surface area contributed by atoms with Gasteiger partial charge >= 0.3 is 5.69 Å². The molecule has 2 heterocycles. The van der Waals surface area contributed by atoms with Gasteiger partial charge in [-0.25, -0.2) is 14.8 Å². The number of benzene rings is 1. The fourth-order valence-corrected chi connectivity index (χ4v) is 4.40. The third-order valence-electron chi connectivity index (χ3n) is 5.24. The molecular formula is C21H28N5O2S+. The molecule has 0 saturated heterocycles. The number of hydrogen-bond donors (Lipinski definition) is 1. The normalized spacial score (nSPS) is 11.5. The van der Waals surface area contributed by atoms with Crippen LogP contribution in [0.2, 0.25) is 0 Å². The molecule has 0 fully saturated rings. The summed E-state index contributed by atoms with van der Waals surface area (Å²) >= 11 is 1.56. The Morgan fingerprint density at radius 3 is 2.45 bits per heavy atom. The summed E-state index contributed by atoms with van der Waals surface area (Å²) in [5, 5.41) is 1.04. The molecule has 0 aliphatic rings. The summed E-state index contributed by atoms with van der Waals surface area (Å²) in [4.78, 5) is 36.2. The number of aryl methyl sites for hydroxylation is 2. The largest absolute Gasteiger partial charge is 0.335 e. The van der Waals surface area contributed by atoms with Crippen molar-refractivity contribution in [2.45, 2.75) is 25.8 Å². The van der Waals surface area contributed by atoms with Crippen LogP contribution >= 0.6 is 11.8 Å². The maximum Gasteiger partial charge on any atom is 0.332 e. The fourth-order valence-electron chi connectivity index (χ4n) is 3.34. The van der Waals surface area contributed by atoms with Gasteiger partial charge in [0.25, 0.3) is 5.56 Å². The molecule has 1 N–H and O–H groups in total. The highest BCUT2D eigenvalue weighted by Crippen LogP contribution is 2.26. The minimum atomic E-state index is -0.389. The van der Waals surface area contributed by atoms with Crippen LogP contribution in [-0.2, 0) is 14.1 Å². The van der Waals surface area contributed by atoms with Crippen LogP contribution in [0.3, 0.4) is 0 Å². The van der Waals surface area contributed by atoms with Crippen molar-refractivity contribution in [2.75, 3.05) is 25.4 Å². The average molecular weight is 415 g/mol. The average Bonchev–Trinajstić information content (AvgIpc) is 2.73. The van der Waals surface area contributed by atoms with Crippen molar-refractivity contribution in [3.05, 3.63) is 50.7 Å². The van der Waals surface area contributed by atoms with Crippen LogP contribution in [0.5, 0.6) is 0 Å². The summed E-state index contributed by atoms with van der Waals surface area (Å²) in [7, 11) is 3.14. The molecule has 0 aliphatic heterocycles. The Bertz CT molecular complexity index is 1150. The summed E-state index contributed by atoms with van der Waals surface area (Å²) in [6, 6.07) is 7.92. The van der Waals surface area contributed by atoms with Gasteiger partial charge < -0.3 is 4.90 Å². The minimum absolute atomic E-state index is 0.350. The van der Waals surface area contributed by atoms with Crippen molar-refractivity contribution in [3.8, 4) is 11.4 Å². The first-order valence-corrected chi connectivity index (χ1v) is 10.9. The molecule has 0 saturated carbocycles. The molecule has 2 aromatic heterocycles. The van der Waals surface area contributed by atoms with E-state index < -0.39 is 0 Å². The molecule has 1 aromatic carbocycles. The molecule has 0 aliphatic carbocycles. The van der Waals surface area contributed by atoms with Crippen molar-refractivity contribution in [1.29, 1.82) is 0 Å². The Morgan fingerprint density at radius 1 is 1.07 bits per heavy atom. The van der Waals surface area contributed by atoms with Crippen LogP contribution in [0.4, 0.5) is 0 Å². The van der Waals surface area contributed by atoms with Crippen LogP contribution in [0.15, 0.2) is 38.9 Å². The number of quaternary nitrogens is 1. The highest BCUT2D eigenvalue weighted by atomic mass is 32.2. The van der Waals surface area contributed by atoms with E-state index in [0.29, 0.717) is 21.9 Å². The highest BCUT2D eigenvalue weighted by Gasteiger charge is 2.18. The van der Waals surface area contributed by atoms with Gasteiger partial charge in [-0.3, -0.25) is 13.9 Å². The Labute approximate surface area is 174 Å². The number of rotatable bonds is 7. The molecule has 154 valence electrons. The highest BCUT2D eigenvalue weighted by molar-refractivity contribution is 7.99. The zero-order valence-corrected chi connectivity index (χ0v) is 18.5. The predicted molar refractivity (Wildman–Crippen MR) is 118 cm³/mol. The maximum absolute atomic E-state index is 12.9. The van der Waals surface area contributed by atoms with Crippen molar-refractivity contribution in [3.63, 3.8) is 0 Å². The van der Waals surface area contributed by atoms with Gasteiger partial charge in [0, 0.05) is 25.4 Å². The maximum atomic E-state index is 12.9. The van der Waals surface area contributed by atoms with E-state index in [1.165, 1.54) is 16.5 Å². The molecule has 0 atom stereocenters. The number of thioether (sulfide) groups is 1. The molecule has 3 aromatic rings. The van der Waals surface area contributed by atoms with E-state index in [0.717, 1.165) is 41.1 Å². The van der Waals surface area contributed by atoms with Gasteiger partial charge in [0.2, 0.25) is 0 Å². The topological polar surface area (TPSA) is 74.2 Å². The second-order valence-corrected chi connectivity index (χ2v) is 8.27. The predicted octanol–water partition coefficient (Wildman–Crippen LogP) is 1.02. The van der Waals surface area contributed by atoms with E-state index in [4.69, 9.17) is 4.98 Å². The molecule has 3 rings (SSSR count). The van der Waals surface area contributed by atoms with Gasteiger partial charge in [0.1, 0.15) is 10.4 Å². The lowest BCUT2D eigenvalue weighted by molar-refractivity contribution is -0.893. The minimum Gasteiger partial charge on any atom is -0.335 e. The Morgan fingerprint density at radius 2 is 1.79 bits per heavy atom. The number of aromatic nitrogens is 4.